The average Bonchev–Trinajstić information content (AvgIpc) is 3.60. The van der Waals surface area contributed by atoms with E-state index in [9.17, 15) is 9.59 Å². The van der Waals surface area contributed by atoms with E-state index in [4.69, 9.17) is 14.2 Å². The van der Waals surface area contributed by atoms with Gasteiger partial charge in [0.15, 0.2) is 17.3 Å². The highest BCUT2D eigenvalue weighted by Gasteiger charge is 2.31. The molecule has 0 unspecified atom stereocenters. The SMILES string of the molecule is O=C(NCCN1CCOCC1)c1cn2c3c(c(NCCN4CCCC4)c(F)cc3c1=O)Oc1cc3c(cc1-2)C1=C(C=CCC1)CO3. The number of benzene rings is 2. The molecule has 11 heteroatoms. The van der Waals surface area contributed by atoms with Crippen molar-refractivity contribution >= 4 is 28.1 Å². The van der Waals surface area contributed by atoms with Crippen molar-refractivity contribution in [3.63, 3.8) is 0 Å². The molecule has 2 fully saturated rings. The van der Waals surface area contributed by atoms with Gasteiger partial charge in [-0.1, -0.05) is 12.2 Å². The van der Waals surface area contributed by atoms with Gasteiger partial charge in [0.2, 0.25) is 5.43 Å². The summed E-state index contributed by atoms with van der Waals surface area (Å²) in [5.74, 6) is 0.318. The third-order valence-electron chi connectivity index (χ3n) is 9.69. The summed E-state index contributed by atoms with van der Waals surface area (Å²) in [6.45, 7) is 7.80. The molecule has 0 bridgehead atoms. The van der Waals surface area contributed by atoms with E-state index in [0.717, 1.165) is 56.7 Å². The van der Waals surface area contributed by atoms with Gasteiger partial charge in [-0.15, -0.1) is 0 Å². The maximum atomic E-state index is 15.9. The summed E-state index contributed by atoms with van der Waals surface area (Å²) in [6.07, 6.45) is 10.0. The van der Waals surface area contributed by atoms with E-state index < -0.39 is 17.2 Å². The minimum absolute atomic E-state index is 0.0445. The second-order valence-corrected chi connectivity index (χ2v) is 12.5. The van der Waals surface area contributed by atoms with Crippen LogP contribution in [0.15, 0.2) is 46.9 Å². The summed E-state index contributed by atoms with van der Waals surface area (Å²) in [4.78, 5) is 32.0. The van der Waals surface area contributed by atoms with Crippen LogP contribution < -0.4 is 25.5 Å². The van der Waals surface area contributed by atoms with Gasteiger partial charge in [-0.25, -0.2) is 4.39 Å². The fourth-order valence-corrected chi connectivity index (χ4v) is 7.23. The third-order valence-corrected chi connectivity index (χ3v) is 9.69. The molecule has 0 saturated carbocycles. The molecule has 8 rings (SSSR count). The Labute approximate surface area is 266 Å². The van der Waals surface area contributed by atoms with Crippen LogP contribution in [0, 0.1) is 5.82 Å². The molecule has 1 amide bonds. The van der Waals surface area contributed by atoms with Gasteiger partial charge in [0.25, 0.3) is 5.91 Å². The zero-order valence-electron chi connectivity index (χ0n) is 25.8. The summed E-state index contributed by atoms with van der Waals surface area (Å²) in [7, 11) is 0. The van der Waals surface area contributed by atoms with Crippen LogP contribution in [0.1, 0.15) is 41.6 Å². The number of amides is 1. The van der Waals surface area contributed by atoms with Gasteiger partial charge in [0.1, 0.15) is 29.1 Å². The molecular formula is C35H38FN5O5. The van der Waals surface area contributed by atoms with Crippen molar-refractivity contribution in [2.24, 2.45) is 0 Å². The first-order valence-corrected chi connectivity index (χ1v) is 16.4. The lowest BCUT2D eigenvalue weighted by molar-refractivity contribution is 0.0383. The molecule has 5 heterocycles. The highest BCUT2D eigenvalue weighted by atomic mass is 19.1. The zero-order valence-corrected chi connectivity index (χ0v) is 25.8. The van der Waals surface area contributed by atoms with Crippen LogP contribution in [-0.4, -0.2) is 92.5 Å². The van der Waals surface area contributed by atoms with Crippen LogP contribution in [-0.2, 0) is 4.74 Å². The molecular weight excluding hydrogens is 589 g/mol. The van der Waals surface area contributed by atoms with Crippen LogP contribution in [0.25, 0.3) is 22.2 Å². The Hall–Kier alpha value is -4.19. The molecule has 0 spiro atoms. The number of aromatic nitrogens is 1. The van der Waals surface area contributed by atoms with Crippen molar-refractivity contribution in [2.45, 2.75) is 25.7 Å². The fourth-order valence-electron chi connectivity index (χ4n) is 7.23. The van der Waals surface area contributed by atoms with Crippen molar-refractivity contribution in [3.8, 4) is 22.9 Å². The number of likely N-dealkylation sites (tertiary alicyclic amines) is 1. The van der Waals surface area contributed by atoms with Crippen LogP contribution in [0.5, 0.6) is 17.2 Å². The van der Waals surface area contributed by atoms with Crippen LogP contribution in [0.3, 0.4) is 0 Å². The number of carbonyl (C=O) groups is 1. The Kier molecular flexibility index (Phi) is 7.75. The first kappa shape index (κ1) is 29.2. The molecule has 1 aromatic heterocycles. The van der Waals surface area contributed by atoms with Gasteiger partial charge >= 0.3 is 0 Å². The van der Waals surface area contributed by atoms with E-state index in [2.05, 4.69) is 32.6 Å². The topological polar surface area (TPSA) is 97.3 Å². The van der Waals surface area contributed by atoms with Gasteiger partial charge in [-0.05, 0) is 62.1 Å². The highest BCUT2D eigenvalue weighted by molar-refractivity contribution is 6.01. The van der Waals surface area contributed by atoms with Crippen LogP contribution >= 0.6 is 0 Å². The number of ether oxygens (including phenoxy) is 3. The molecule has 10 nitrogen and oxygen atoms in total. The summed E-state index contributed by atoms with van der Waals surface area (Å²) in [5, 5.41) is 6.27. The largest absolute Gasteiger partial charge is 0.488 e. The molecule has 2 N–H and O–H groups in total. The number of allylic oxidation sites excluding steroid dienone is 2. The minimum atomic E-state index is -0.598. The number of halogens is 1. The van der Waals surface area contributed by atoms with Crippen molar-refractivity contribution in [2.75, 3.05) is 77.5 Å². The van der Waals surface area contributed by atoms with Gasteiger partial charge in [-0.2, -0.15) is 0 Å². The number of rotatable bonds is 8. The van der Waals surface area contributed by atoms with Gasteiger partial charge in [-0.3, -0.25) is 14.5 Å². The van der Waals surface area contributed by atoms with Crippen molar-refractivity contribution in [3.05, 3.63) is 69.3 Å². The molecule has 3 aromatic rings. The lowest BCUT2D eigenvalue weighted by Gasteiger charge is -2.30. The number of nitrogens with zero attached hydrogens (tertiary/aromatic N) is 3. The van der Waals surface area contributed by atoms with E-state index in [0.29, 0.717) is 62.2 Å². The monoisotopic (exact) mass is 627 g/mol. The summed E-state index contributed by atoms with van der Waals surface area (Å²) >= 11 is 0. The van der Waals surface area contributed by atoms with Crippen molar-refractivity contribution in [1.82, 2.24) is 19.7 Å². The van der Waals surface area contributed by atoms with Gasteiger partial charge in [0.05, 0.1) is 24.3 Å². The Morgan fingerprint density at radius 3 is 2.63 bits per heavy atom. The predicted octanol–water partition coefficient (Wildman–Crippen LogP) is 4.30. The standard InChI is InChI=1S/C35H38FN5O5/c36-27-17-25-32-34(31(27)37-7-11-39-9-3-4-10-39)46-30-19-29-24(23-6-2-1-5-22(23)21-45-29)18-28(30)41(32)20-26(33(25)42)35(43)38-8-12-40-13-15-44-16-14-40/h1,5,17-20,37H,2-4,6-16,21H2,(H,38,43). The molecule has 0 radical (unpaired) electrons. The van der Waals surface area contributed by atoms with E-state index >= 15 is 4.39 Å². The fraction of sp³-hybridized carbons (Fsp3) is 0.429. The molecule has 46 heavy (non-hydrogen) atoms. The molecule has 240 valence electrons. The Balaban J connectivity index is 1.21. The van der Waals surface area contributed by atoms with Crippen molar-refractivity contribution < 1.29 is 23.4 Å². The second kappa shape index (κ2) is 12.2. The molecule has 1 aliphatic carbocycles. The molecule has 2 saturated heterocycles. The first-order valence-electron chi connectivity index (χ1n) is 16.4. The summed E-state index contributed by atoms with van der Waals surface area (Å²) < 4.78 is 35.8. The number of hydrogen-bond donors (Lipinski definition) is 2. The zero-order chi connectivity index (χ0) is 31.2. The highest BCUT2D eigenvalue weighted by Crippen LogP contribution is 2.49. The maximum Gasteiger partial charge on any atom is 0.256 e. The molecule has 4 aliphatic heterocycles. The van der Waals surface area contributed by atoms with E-state index in [-0.39, 0.29) is 22.4 Å². The van der Waals surface area contributed by atoms with Crippen LogP contribution in [0.2, 0.25) is 0 Å². The van der Waals surface area contributed by atoms with Crippen LogP contribution in [0.4, 0.5) is 10.1 Å². The summed E-state index contributed by atoms with van der Waals surface area (Å²) in [5.41, 5.74) is 4.06. The number of fused-ring (bicyclic) bond motifs is 4. The molecule has 5 aliphatic rings. The second-order valence-electron chi connectivity index (χ2n) is 12.5. The third kappa shape index (κ3) is 5.26. The molecule has 2 aromatic carbocycles. The first-order chi connectivity index (χ1) is 22.5. The van der Waals surface area contributed by atoms with E-state index in [1.807, 2.05) is 16.7 Å². The number of morpholine rings is 1. The number of nitrogens with one attached hydrogen (secondary N) is 2. The average molecular weight is 628 g/mol. The minimum Gasteiger partial charge on any atom is -0.488 e. The smallest absolute Gasteiger partial charge is 0.256 e. The number of hydrogen-bond acceptors (Lipinski definition) is 8. The molecule has 0 atom stereocenters. The summed E-state index contributed by atoms with van der Waals surface area (Å²) in [6, 6.07) is 5.10. The van der Waals surface area contributed by atoms with E-state index in [1.54, 1.807) is 6.20 Å². The normalized spacial score (nSPS) is 18.9. The van der Waals surface area contributed by atoms with E-state index in [1.165, 1.54) is 24.5 Å². The Morgan fingerprint density at radius 1 is 0.978 bits per heavy atom. The van der Waals surface area contributed by atoms with Crippen molar-refractivity contribution in [1.29, 1.82) is 0 Å². The number of carbonyl (C=O) groups excluding carboxylic acids is 1. The number of pyridine rings is 1. The lowest BCUT2D eigenvalue weighted by atomic mass is 9.89. The Bertz CT molecular complexity index is 1840. The Morgan fingerprint density at radius 2 is 1.78 bits per heavy atom. The van der Waals surface area contributed by atoms with Gasteiger partial charge < -0.3 is 34.3 Å². The quantitative estimate of drug-likeness (QED) is 0.299. The lowest BCUT2D eigenvalue weighted by Crippen LogP contribution is -2.42. The maximum absolute atomic E-state index is 15.9. The number of anilines is 1. The van der Waals surface area contributed by atoms with Gasteiger partial charge in [0, 0.05) is 57.1 Å². The predicted molar refractivity (Wildman–Crippen MR) is 174 cm³/mol.